The molecule has 7 heteroatoms. The predicted molar refractivity (Wildman–Crippen MR) is 109 cm³/mol. The van der Waals surface area contributed by atoms with Crippen molar-refractivity contribution in [2.24, 2.45) is 0 Å². The van der Waals surface area contributed by atoms with E-state index in [0.29, 0.717) is 18.0 Å². The first-order chi connectivity index (χ1) is 12.9. The normalized spacial score (nSPS) is 16.8. The number of sulfonamides is 1. The van der Waals surface area contributed by atoms with Crippen molar-refractivity contribution in [2.75, 3.05) is 26.2 Å². The van der Waals surface area contributed by atoms with Crippen LogP contribution < -0.4 is 4.90 Å². The van der Waals surface area contributed by atoms with Gasteiger partial charge in [-0.2, -0.15) is 4.31 Å². The van der Waals surface area contributed by atoms with Gasteiger partial charge in [-0.05, 0) is 37.6 Å². The van der Waals surface area contributed by atoms with Crippen LogP contribution in [0.25, 0.3) is 10.2 Å². The van der Waals surface area contributed by atoms with Crippen LogP contribution in [0.3, 0.4) is 0 Å². The zero-order valence-corrected chi connectivity index (χ0v) is 17.2. The lowest BCUT2D eigenvalue weighted by molar-refractivity contribution is -0.917. The molecule has 0 bridgehead atoms. The van der Waals surface area contributed by atoms with E-state index in [-0.39, 0.29) is 0 Å². The Morgan fingerprint density at radius 3 is 2.56 bits per heavy atom. The minimum atomic E-state index is -3.42. The van der Waals surface area contributed by atoms with E-state index in [1.165, 1.54) is 9.60 Å². The molecule has 3 aromatic rings. The van der Waals surface area contributed by atoms with Crippen molar-refractivity contribution in [1.29, 1.82) is 0 Å². The molecule has 0 spiro atoms. The van der Waals surface area contributed by atoms with E-state index in [2.05, 4.69) is 6.07 Å². The van der Waals surface area contributed by atoms with E-state index in [1.807, 2.05) is 44.2 Å². The smallest absolute Gasteiger partial charge is 0.243 e. The Bertz CT molecular complexity index is 1030. The summed E-state index contributed by atoms with van der Waals surface area (Å²) >= 11 is 1.73. The first-order valence-corrected chi connectivity index (χ1v) is 11.4. The second-order valence-electron chi connectivity index (χ2n) is 7.18. The second-order valence-corrected chi connectivity index (χ2v) is 10.2. The maximum absolute atomic E-state index is 13.0. The lowest BCUT2D eigenvalue weighted by Gasteiger charge is -2.31. The fourth-order valence-electron chi connectivity index (χ4n) is 3.66. The van der Waals surface area contributed by atoms with Gasteiger partial charge in [0.05, 0.1) is 41.3 Å². The third-order valence-electron chi connectivity index (χ3n) is 5.12. The van der Waals surface area contributed by atoms with Crippen molar-refractivity contribution in [2.45, 2.75) is 25.3 Å². The first-order valence-electron chi connectivity index (χ1n) is 9.19. The molecule has 1 aromatic heterocycles. The van der Waals surface area contributed by atoms with Crippen LogP contribution in [0.2, 0.25) is 0 Å². The number of hydrogen-bond acceptors (Lipinski definition) is 4. The Labute approximate surface area is 164 Å². The molecule has 1 aliphatic rings. The molecule has 1 saturated heterocycles. The van der Waals surface area contributed by atoms with E-state index < -0.39 is 10.0 Å². The number of nitrogens with one attached hydrogen (secondary N) is 1. The number of fused-ring (bicyclic) bond motifs is 1. The molecule has 142 valence electrons. The molecule has 0 saturated carbocycles. The Morgan fingerprint density at radius 1 is 1.11 bits per heavy atom. The van der Waals surface area contributed by atoms with Crippen molar-refractivity contribution >= 4 is 31.6 Å². The molecule has 2 heterocycles. The molecular formula is C20H24N3O2S2+. The number of rotatable bonds is 4. The average Bonchev–Trinajstić information content (AvgIpc) is 3.04. The molecule has 27 heavy (non-hydrogen) atoms. The Kier molecular flexibility index (Phi) is 5.03. The first kappa shape index (κ1) is 18.6. The average molecular weight is 403 g/mol. The molecule has 2 aromatic carbocycles. The summed E-state index contributed by atoms with van der Waals surface area (Å²) in [5.74, 6) is 0. The summed E-state index contributed by atoms with van der Waals surface area (Å²) < 4.78 is 28.9. The summed E-state index contributed by atoms with van der Waals surface area (Å²) in [6.45, 7) is 7.42. The number of benzene rings is 2. The molecule has 1 N–H and O–H groups in total. The van der Waals surface area contributed by atoms with Gasteiger partial charge in [0, 0.05) is 0 Å². The molecule has 0 radical (unpaired) electrons. The largest absolute Gasteiger partial charge is 0.327 e. The van der Waals surface area contributed by atoms with Crippen LogP contribution in [0.4, 0.5) is 0 Å². The maximum Gasteiger partial charge on any atom is 0.243 e. The molecular weight excluding hydrogens is 378 g/mol. The zero-order chi connectivity index (χ0) is 19.0. The van der Waals surface area contributed by atoms with Gasteiger partial charge in [-0.1, -0.05) is 29.8 Å². The second kappa shape index (κ2) is 7.31. The lowest BCUT2D eigenvalue weighted by atomic mass is 10.2. The molecule has 0 unspecified atom stereocenters. The maximum atomic E-state index is 13.0. The van der Waals surface area contributed by atoms with Crippen LogP contribution in [-0.4, -0.2) is 43.9 Å². The number of para-hydroxylation sites is 1. The fourth-order valence-corrected chi connectivity index (χ4v) is 6.34. The summed E-state index contributed by atoms with van der Waals surface area (Å²) in [7, 11) is -3.42. The van der Waals surface area contributed by atoms with Crippen molar-refractivity contribution in [3.05, 3.63) is 58.6 Å². The topological polar surface area (TPSA) is 54.7 Å². The molecule has 0 amide bonds. The van der Waals surface area contributed by atoms with Gasteiger partial charge in [0.25, 0.3) is 0 Å². The number of thiazole rings is 1. The van der Waals surface area contributed by atoms with Crippen molar-refractivity contribution in [3.63, 3.8) is 0 Å². The third kappa shape index (κ3) is 3.78. The third-order valence-corrected chi connectivity index (χ3v) is 8.21. The van der Waals surface area contributed by atoms with Crippen LogP contribution in [0, 0.1) is 13.8 Å². The monoisotopic (exact) mass is 402 g/mol. The molecule has 1 aliphatic heterocycles. The molecule has 0 atom stereocenters. The van der Waals surface area contributed by atoms with Crippen molar-refractivity contribution < 1.29 is 13.3 Å². The van der Waals surface area contributed by atoms with Gasteiger partial charge in [0.1, 0.15) is 11.6 Å². The van der Waals surface area contributed by atoms with Crippen molar-refractivity contribution in [3.8, 4) is 0 Å². The van der Waals surface area contributed by atoms with Gasteiger partial charge in [0.15, 0.2) is 0 Å². The van der Waals surface area contributed by atoms with Gasteiger partial charge in [0.2, 0.25) is 10.0 Å². The summed E-state index contributed by atoms with van der Waals surface area (Å²) in [5, 5.41) is 1.12. The van der Waals surface area contributed by atoms with E-state index >= 15 is 0 Å². The van der Waals surface area contributed by atoms with Gasteiger partial charge in [-0.25, -0.2) is 13.4 Å². The van der Waals surface area contributed by atoms with Crippen LogP contribution in [0.5, 0.6) is 0 Å². The molecule has 0 aliphatic carbocycles. The van der Waals surface area contributed by atoms with E-state index in [1.54, 1.807) is 21.7 Å². The Balaban J connectivity index is 1.43. The number of piperazine rings is 1. The number of hydrogen-bond donors (Lipinski definition) is 1. The zero-order valence-electron chi connectivity index (χ0n) is 15.6. The van der Waals surface area contributed by atoms with Crippen LogP contribution in [0.1, 0.15) is 16.1 Å². The highest BCUT2D eigenvalue weighted by Crippen LogP contribution is 2.22. The van der Waals surface area contributed by atoms with Gasteiger partial charge in [-0.3, -0.25) is 0 Å². The minimum absolute atomic E-state index is 0.433. The van der Waals surface area contributed by atoms with Crippen LogP contribution in [0.15, 0.2) is 47.4 Å². The van der Waals surface area contributed by atoms with Crippen LogP contribution >= 0.6 is 11.3 Å². The van der Waals surface area contributed by atoms with Gasteiger partial charge in [-0.15, -0.1) is 11.3 Å². The molecule has 4 rings (SSSR count). The lowest BCUT2D eigenvalue weighted by Crippen LogP contribution is -3.13. The van der Waals surface area contributed by atoms with Gasteiger partial charge >= 0.3 is 0 Å². The number of nitrogens with zero attached hydrogens (tertiary/aromatic N) is 2. The highest BCUT2D eigenvalue weighted by Gasteiger charge is 2.31. The number of quaternary nitrogens is 1. The minimum Gasteiger partial charge on any atom is -0.327 e. The summed E-state index contributed by atoms with van der Waals surface area (Å²) in [6.07, 6.45) is 0. The van der Waals surface area contributed by atoms with Crippen molar-refractivity contribution in [1.82, 2.24) is 9.29 Å². The molecule has 5 nitrogen and oxygen atoms in total. The highest BCUT2D eigenvalue weighted by molar-refractivity contribution is 7.89. The standard InChI is InChI=1S/C20H23N3O2S2/c1-15-7-8-19(16(2)13-15)27(24,25)23-11-9-22(10-12-23)14-20-21-17-5-3-4-6-18(17)26-20/h3-8,13H,9-12,14H2,1-2H3/p+1. The Hall–Kier alpha value is -1.80. The predicted octanol–water partition coefficient (Wildman–Crippen LogP) is 2.00. The number of aryl methyl sites for hydroxylation is 2. The SMILES string of the molecule is Cc1ccc(S(=O)(=O)N2CC[NH+](Cc3nc4ccccc4s3)CC2)c(C)c1. The van der Waals surface area contributed by atoms with Gasteiger partial charge < -0.3 is 4.90 Å². The van der Waals surface area contributed by atoms with Crippen LogP contribution in [-0.2, 0) is 16.6 Å². The Morgan fingerprint density at radius 2 is 1.85 bits per heavy atom. The molecule has 1 fully saturated rings. The highest BCUT2D eigenvalue weighted by atomic mass is 32.2. The summed E-state index contributed by atoms with van der Waals surface area (Å²) in [5.41, 5.74) is 2.95. The summed E-state index contributed by atoms with van der Waals surface area (Å²) in [6, 6.07) is 13.7. The fraction of sp³-hybridized carbons (Fsp3) is 0.350. The number of aromatic nitrogens is 1. The summed E-state index contributed by atoms with van der Waals surface area (Å²) in [4.78, 5) is 6.53. The van der Waals surface area contributed by atoms with E-state index in [4.69, 9.17) is 4.98 Å². The van der Waals surface area contributed by atoms with E-state index in [0.717, 1.165) is 41.3 Å². The quantitative estimate of drug-likeness (QED) is 0.726. The van der Waals surface area contributed by atoms with E-state index in [9.17, 15) is 8.42 Å².